The SMILES string of the molecule is COc1cc(-c2noc([C@H](CCCC3CCCCC3)CC(=O)OC(C)(C)C)n2)on1. The molecule has 1 aliphatic rings. The number of ether oxygens (including phenoxy) is 2. The molecule has 1 saturated carbocycles. The van der Waals surface area contributed by atoms with Gasteiger partial charge in [-0.3, -0.25) is 4.79 Å². The van der Waals surface area contributed by atoms with Crippen molar-refractivity contribution < 1.29 is 23.3 Å². The van der Waals surface area contributed by atoms with E-state index in [2.05, 4.69) is 15.3 Å². The van der Waals surface area contributed by atoms with E-state index in [1.54, 1.807) is 6.07 Å². The van der Waals surface area contributed by atoms with Crippen molar-refractivity contribution in [2.75, 3.05) is 7.11 Å². The van der Waals surface area contributed by atoms with E-state index in [4.69, 9.17) is 18.5 Å². The zero-order valence-electron chi connectivity index (χ0n) is 18.5. The highest BCUT2D eigenvalue weighted by molar-refractivity contribution is 5.70. The van der Waals surface area contributed by atoms with E-state index in [1.165, 1.54) is 45.6 Å². The van der Waals surface area contributed by atoms with Crippen molar-refractivity contribution in [3.05, 3.63) is 12.0 Å². The molecule has 8 nitrogen and oxygen atoms in total. The number of rotatable bonds is 9. The highest BCUT2D eigenvalue weighted by Gasteiger charge is 2.27. The lowest BCUT2D eigenvalue weighted by molar-refractivity contribution is -0.155. The van der Waals surface area contributed by atoms with Gasteiger partial charge in [-0.25, -0.2) is 0 Å². The lowest BCUT2D eigenvalue weighted by atomic mass is 9.84. The molecular formula is C22H33N3O5. The smallest absolute Gasteiger partial charge is 0.307 e. The summed E-state index contributed by atoms with van der Waals surface area (Å²) in [7, 11) is 1.51. The second kappa shape index (κ2) is 10.1. The van der Waals surface area contributed by atoms with Crippen LogP contribution < -0.4 is 4.74 Å². The zero-order chi connectivity index (χ0) is 21.6. The van der Waals surface area contributed by atoms with Crippen molar-refractivity contribution in [1.29, 1.82) is 0 Å². The molecule has 2 aromatic rings. The molecule has 0 radical (unpaired) electrons. The summed E-state index contributed by atoms with van der Waals surface area (Å²) < 4.78 is 21.2. The van der Waals surface area contributed by atoms with Crippen LogP contribution in [0.4, 0.5) is 0 Å². The van der Waals surface area contributed by atoms with Gasteiger partial charge in [-0.1, -0.05) is 50.1 Å². The molecule has 0 spiro atoms. The Kier molecular flexibility index (Phi) is 7.50. The van der Waals surface area contributed by atoms with Crippen LogP contribution in [0.1, 0.15) is 90.4 Å². The first-order valence-electron chi connectivity index (χ1n) is 10.9. The van der Waals surface area contributed by atoms with Crippen LogP contribution >= 0.6 is 0 Å². The average molecular weight is 420 g/mol. The second-order valence-electron chi connectivity index (χ2n) is 9.11. The van der Waals surface area contributed by atoms with Crippen molar-refractivity contribution in [2.45, 2.75) is 90.1 Å². The van der Waals surface area contributed by atoms with Crippen LogP contribution in [-0.2, 0) is 9.53 Å². The molecule has 2 aromatic heterocycles. The Morgan fingerprint density at radius 3 is 2.63 bits per heavy atom. The number of esters is 1. The summed E-state index contributed by atoms with van der Waals surface area (Å²) in [6.45, 7) is 5.60. The van der Waals surface area contributed by atoms with Crippen molar-refractivity contribution in [1.82, 2.24) is 15.3 Å². The molecule has 0 saturated heterocycles. The number of hydrogen-bond donors (Lipinski definition) is 0. The van der Waals surface area contributed by atoms with Gasteiger partial charge in [0.2, 0.25) is 17.5 Å². The molecule has 1 aliphatic carbocycles. The Labute approximate surface area is 177 Å². The van der Waals surface area contributed by atoms with Gasteiger partial charge in [-0.05, 0) is 38.3 Å². The van der Waals surface area contributed by atoms with E-state index in [0.29, 0.717) is 23.4 Å². The van der Waals surface area contributed by atoms with E-state index < -0.39 is 5.60 Å². The summed E-state index contributed by atoms with van der Waals surface area (Å²) in [5, 5.41) is 7.77. The van der Waals surface area contributed by atoms with Crippen LogP contribution in [0.3, 0.4) is 0 Å². The molecule has 2 heterocycles. The number of hydrogen-bond acceptors (Lipinski definition) is 8. The fourth-order valence-electron chi connectivity index (χ4n) is 3.99. The lowest BCUT2D eigenvalue weighted by Gasteiger charge is -2.23. The highest BCUT2D eigenvalue weighted by Crippen LogP contribution is 2.32. The van der Waals surface area contributed by atoms with Gasteiger partial charge in [0.1, 0.15) is 5.60 Å². The normalized spacial score (nSPS) is 16.4. The van der Waals surface area contributed by atoms with Crippen LogP contribution in [-0.4, -0.2) is 34.0 Å². The first kappa shape index (κ1) is 22.3. The van der Waals surface area contributed by atoms with Crippen molar-refractivity contribution in [3.8, 4) is 17.5 Å². The molecule has 1 fully saturated rings. The molecule has 0 aliphatic heterocycles. The van der Waals surface area contributed by atoms with E-state index in [1.807, 2.05) is 20.8 Å². The molecule has 1 atom stereocenters. The van der Waals surface area contributed by atoms with Crippen LogP contribution in [0.5, 0.6) is 5.88 Å². The standard InChI is InChI=1S/C22H33N3O5/c1-22(2,3)28-19(26)13-16(12-8-11-15-9-6-5-7-10-15)21-23-20(25-30-21)17-14-18(27-4)24-29-17/h14-16H,5-13H2,1-4H3/t16-/m1/s1. The maximum absolute atomic E-state index is 12.5. The minimum atomic E-state index is -0.528. The van der Waals surface area contributed by atoms with Gasteiger partial charge < -0.3 is 18.5 Å². The topological polar surface area (TPSA) is 100 Å². The van der Waals surface area contributed by atoms with Gasteiger partial charge in [-0.15, -0.1) is 0 Å². The number of methoxy groups -OCH3 is 1. The van der Waals surface area contributed by atoms with E-state index in [9.17, 15) is 4.79 Å². The Hall–Kier alpha value is -2.38. The third-order valence-electron chi connectivity index (χ3n) is 5.43. The highest BCUT2D eigenvalue weighted by atomic mass is 16.6. The first-order valence-corrected chi connectivity index (χ1v) is 10.9. The van der Waals surface area contributed by atoms with Crippen LogP contribution in [0.15, 0.2) is 15.1 Å². The summed E-state index contributed by atoms with van der Waals surface area (Å²) in [5.74, 6) is 1.77. The average Bonchev–Trinajstić information content (AvgIpc) is 3.36. The Morgan fingerprint density at radius 2 is 1.97 bits per heavy atom. The van der Waals surface area contributed by atoms with Crippen LogP contribution in [0, 0.1) is 5.92 Å². The van der Waals surface area contributed by atoms with E-state index >= 15 is 0 Å². The number of aromatic nitrogens is 3. The van der Waals surface area contributed by atoms with Gasteiger partial charge in [0, 0.05) is 5.92 Å². The third kappa shape index (κ3) is 6.57. The zero-order valence-corrected chi connectivity index (χ0v) is 18.5. The predicted molar refractivity (Wildman–Crippen MR) is 110 cm³/mol. The van der Waals surface area contributed by atoms with Gasteiger partial charge in [0.05, 0.1) is 19.6 Å². The molecular weight excluding hydrogens is 386 g/mol. The third-order valence-corrected chi connectivity index (χ3v) is 5.43. The van der Waals surface area contributed by atoms with Gasteiger partial charge in [0.15, 0.2) is 0 Å². The summed E-state index contributed by atoms with van der Waals surface area (Å²) in [6, 6.07) is 1.60. The molecule has 30 heavy (non-hydrogen) atoms. The monoisotopic (exact) mass is 419 g/mol. The summed E-state index contributed by atoms with van der Waals surface area (Å²) in [5.41, 5.74) is -0.528. The largest absolute Gasteiger partial charge is 0.479 e. The molecule has 8 heteroatoms. The van der Waals surface area contributed by atoms with E-state index in [0.717, 1.165) is 18.8 Å². The maximum atomic E-state index is 12.5. The maximum Gasteiger partial charge on any atom is 0.307 e. The fourth-order valence-corrected chi connectivity index (χ4v) is 3.99. The number of nitrogens with zero attached hydrogens (tertiary/aromatic N) is 3. The first-order chi connectivity index (χ1) is 14.3. The summed E-state index contributed by atoms with van der Waals surface area (Å²) in [6.07, 6.45) is 9.86. The number of carbonyl (C=O) groups is 1. The minimum absolute atomic E-state index is 0.186. The minimum Gasteiger partial charge on any atom is -0.479 e. The molecule has 0 amide bonds. The van der Waals surface area contributed by atoms with Gasteiger partial charge in [0.25, 0.3) is 5.88 Å². The van der Waals surface area contributed by atoms with E-state index in [-0.39, 0.29) is 18.3 Å². The quantitative estimate of drug-likeness (QED) is 0.505. The molecule has 3 rings (SSSR count). The van der Waals surface area contributed by atoms with Crippen molar-refractivity contribution in [2.24, 2.45) is 5.92 Å². The summed E-state index contributed by atoms with van der Waals surface area (Å²) >= 11 is 0. The van der Waals surface area contributed by atoms with Crippen molar-refractivity contribution in [3.63, 3.8) is 0 Å². The Bertz CT molecular complexity index is 802. The molecule has 0 aromatic carbocycles. The van der Waals surface area contributed by atoms with Crippen LogP contribution in [0.25, 0.3) is 11.6 Å². The molecule has 0 unspecified atom stereocenters. The van der Waals surface area contributed by atoms with Gasteiger partial charge >= 0.3 is 5.97 Å². The molecule has 0 bridgehead atoms. The second-order valence-corrected chi connectivity index (χ2v) is 9.11. The van der Waals surface area contributed by atoms with Crippen molar-refractivity contribution >= 4 is 5.97 Å². The number of carbonyl (C=O) groups excluding carboxylic acids is 1. The molecule has 166 valence electrons. The Morgan fingerprint density at radius 1 is 1.20 bits per heavy atom. The fraction of sp³-hybridized carbons (Fsp3) is 0.727. The summed E-state index contributed by atoms with van der Waals surface area (Å²) in [4.78, 5) is 16.9. The van der Waals surface area contributed by atoms with Gasteiger partial charge in [-0.2, -0.15) is 4.98 Å². The molecule has 0 N–H and O–H groups in total. The lowest BCUT2D eigenvalue weighted by Crippen LogP contribution is -2.25. The predicted octanol–water partition coefficient (Wildman–Crippen LogP) is 5.30. The Balaban J connectivity index is 1.67. The van der Waals surface area contributed by atoms with Crippen LogP contribution in [0.2, 0.25) is 0 Å².